The molecule has 7 nitrogen and oxygen atoms in total. The fourth-order valence-corrected chi connectivity index (χ4v) is 3.78. The minimum Gasteiger partial charge on any atom is -0.444 e. The first-order valence-electron chi connectivity index (χ1n) is 10.6. The van der Waals surface area contributed by atoms with Gasteiger partial charge in [0.25, 0.3) is 5.91 Å². The molecule has 2 heterocycles. The number of carbonyl (C=O) groups excluding carboxylic acids is 2. The Bertz CT molecular complexity index is 943. The Morgan fingerprint density at radius 3 is 2.48 bits per heavy atom. The van der Waals surface area contributed by atoms with Crippen LogP contribution in [-0.2, 0) is 4.74 Å². The minimum absolute atomic E-state index is 0.0981. The lowest BCUT2D eigenvalue weighted by molar-refractivity contribution is 0.0246. The van der Waals surface area contributed by atoms with Crippen molar-refractivity contribution in [3.8, 4) is 5.69 Å². The second-order valence-corrected chi connectivity index (χ2v) is 9.10. The SMILES string of the molecule is Cc1c(C(=O)N2CCC(CN(C)C(=O)OC(C)(C)C)CC2)cnn1-c1ccccc1F. The van der Waals surface area contributed by atoms with E-state index in [4.69, 9.17) is 4.74 Å². The lowest BCUT2D eigenvalue weighted by Gasteiger charge is -2.34. The van der Waals surface area contributed by atoms with Gasteiger partial charge in [0.15, 0.2) is 0 Å². The van der Waals surface area contributed by atoms with Crippen LogP contribution >= 0.6 is 0 Å². The van der Waals surface area contributed by atoms with E-state index in [-0.39, 0.29) is 17.8 Å². The first-order valence-corrected chi connectivity index (χ1v) is 10.6. The summed E-state index contributed by atoms with van der Waals surface area (Å²) in [5.41, 5.74) is 0.893. The van der Waals surface area contributed by atoms with Gasteiger partial charge in [-0.05, 0) is 58.6 Å². The number of benzene rings is 1. The van der Waals surface area contributed by atoms with Crippen molar-refractivity contribution in [1.29, 1.82) is 0 Å². The number of ether oxygens (including phenoxy) is 1. The zero-order valence-electron chi connectivity index (χ0n) is 18.9. The standard InChI is InChI=1S/C23H31FN4O3/c1-16-18(14-25-28(16)20-9-7-6-8-19(20)24)21(29)27-12-10-17(11-13-27)15-26(5)22(30)31-23(2,3)4/h6-9,14,17H,10-13,15H2,1-5H3. The van der Waals surface area contributed by atoms with Crippen LogP contribution in [0.3, 0.4) is 0 Å². The van der Waals surface area contributed by atoms with Gasteiger partial charge >= 0.3 is 6.09 Å². The summed E-state index contributed by atoms with van der Waals surface area (Å²) >= 11 is 0. The predicted molar refractivity (Wildman–Crippen MR) is 116 cm³/mol. The third-order valence-corrected chi connectivity index (χ3v) is 5.46. The van der Waals surface area contributed by atoms with Crippen LogP contribution in [0.25, 0.3) is 5.69 Å². The molecule has 0 N–H and O–H groups in total. The van der Waals surface area contributed by atoms with Crippen molar-refractivity contribution in [2.24, 2.45) is 5.92 Å². The molecule has 1 aromatic carbocycles. The van der Waals surface area contributed by atoms with Crippen LogP contribution in [-0.4, -0.2) is 63.9 Å². The number of hydrogen-bond acceptors (Lipinski definition) is 4. The largest absolute Gasteiger partial charge is 0.444 e. The molecule has 1 aliphatic rings. The highest BCUT2D eigenvalue weighted by molar-refractivity contribution is 5.95. The van der Waals surface area contributed by atoms with Gasteiger partial charge in [-0.15, -0.1) is 0 Å². The molecule has 31 heavy (non-hydrogen) atoms. The van der Waals surface area contributed by atoms with Gasteiger partial charge in [0, 0.05) is 26.7 Å². The molecule has 2 aromatic rings. The molecule has 2 amide bonds. The maximum atomic E-state index is 14.1. The Morgan fingerprint density at radius 1 is 1.23 bits per heavy atom. The normalized spacial score (nSPS) is 15.1. The maximum absolute atomic E-state index is 14.1. The highest BCUT2D eigenvalue weighted by atomic mass is 19.1. The van der Waals surface area contributed by atoms with E-state index in [1.165, 1.54) is 16.9 Å². The highest BCUT2D eigenvalue weighted by Crippen LogP contribution is 2.23. The topological polar surface area (TPSA) is 67.7 Å². The van der Waals surface area contributed by atoms with Gasteiger partial charge in [0.05, 0.1) is 17.5 Å². The molecule has 0 radical (unpaired) electrons. The number of aromatic nitrogens is 2. The number of halogens is 1. The molecule has 1 aliphatic heterocycles. The summed E-state index contributed by atoms with van der Waals surface area (Å²) in [4.78, 5) is 28.6. The van der Waals surface area contributed by atoms with Crippen LogP contribution in [0.15, 0.2) is 30.5 Å². The predicted octanol–water partition coefficient (Wildman–Crippen LogP) is 4.04. The summed E-state index contributed by atoms with van der Waals surface area (Å²) in [7, 11) is 1.74. The molecule has 1 aromatic heterocycles. The zero-order valence-corrected chi connectivity index (χ0v) is 18.9. The second-order valence-electron chi connectivity index (χ2n) is 9.10. The molecule has 1 saturated heterocycles. The van der Waals surface area contributed by atoms with E-state index in [9.17, 15) is 14.0 Å². The van der Waals surface area contributed by atoms with Crippen molar-refractivity contribution in [3.05, 3.63) is 47.5 Å². The molecular formula is C23H31FN4O3. The molecule has 0 unspecified atom stereocenters. The summed E-state index contributed by atoms with van der Waals surface area (Å²) < 4.78 is 21.0. The van der Waals surface area contributed by atoms with Crippen LogP contribution < -0.4 is 0 Å². The zero-order chi connectivity index (χ0) is 22.8. The van der Waals surface area contributed by atoms with Crippen molar-refractivity contribution in [2.75, 3.05) is 26.7 Å². The average Bonchev–Trinajstić information content (AvgIpc) is 3.08. The molecular weight excluding hydrogens is 399 g/mol. The van der Waals surface area contributed by atoms with Gasteiger partial charge < -0.3 is 14.5 Å². The lowest BCUT2D eigenvalue weighted by Crippen LogP contribution is -2.43. The van der Waals surface area contributed by atoms with Gasteiger partial charge in [0.2, 0.25) is 0 Å². The number of para-hydroxylation sites is 1. The Labute approximate surface area is 182 Å². The third-order valence-electron chi connectivity index (χ3n) is 5.46. The number of amides is 2. The van der Waals surface area contributed by atoms with Gasteiger partial charge in [-0.25, -0.2) is 13.9 Å². The van der Waals surface area contributed by atoms with Crippen LogP contribution in [0, 0.1) is 18.7 Å². The Kier molecular flexibility index (Phi) is 6.67. The minimum atomic E-state index is -0.522. The van der Waals surface area contributed by atoms with Gasteiger partial charge in [-0.3, -0.25) is 4.79 Å². The fraction of sp³-hybridized carbons (Fsp3) is 0.522. The number of rotatable bonds is 4. The van der Waals surface area contributed by atoms with Crippen LogP contribution in [0.1, 0.15) is 49.7 Å². The summed E-state index contributed by atoms with van der Waals surface area (Å²) in [6.45, 7) is 9.12. The van der Waals surface area contributed by atoms with E-state index in [0.29, 0.717) is 42.5 Å². The van der Waals surface area contributed by atoms with E-state index >= 15 is 0 Å². The van der Waals surface area contributed by atoms with Crippen molar-refractivity contribution in [3.63, 3.8) is 0 Å². The van der Waals surface area contributed by atoms with E-state index in [1.807, 2.05) is 20.8 Å². The number of nitrogens with zero attached hydrogens (tertiary/aromatic N) is 4. The van der Waals surface area contributed by atoms with E-state index in [0.717, 1.165) is 12.8 Å². The fourth-order valence-electron chi connectivity index (χ4n) is 3.78. The van der Waals surface area contributed by atoms with E-state index in [2.05, 4.69) is 5.10 Å². The van der Waals surface area contributed by atoms with Crippen molar-refractivity contribution in [1.82, 2.24) is 19.6 Å². The summed E-state index contributed by atoms with van der Waals surface area (Å²) in [5.74, 6) is -0.176. The quantitative estimate of drug-likeness (QED) is 0.734. The smallest absolute Gasteiger partial charge is 0.410 e. The molecule has 168 valence electrons. The summed E-state index contributed by atoms with van der Waals surface area (Å²) in [6, 6.07) is 6.36. The molecule has 0 bridgehead atoms. The van der Waals surface area contributed by atoms with Gasteiger partial charge in [-0.1, -0.05) is 12.1 Å². The molecule has 0 spiro atoms. The first-order chi connectivity index (χ1) is 14.6. The molecule has 1 fully saturated rings. The summed E-state index contributed by atoms with van der Waals surface area (Å²) in [6.07, 6.45) is 2.78. The maximum Gasteiger partial charge on any atom is 0.410 e. The summed E-state index contributed by atoms with van der Waals surface area (Å²) in [5, 5.41) is 4.24. The van der Waals surface area contributed by atoms with Crippen molar-refractivity contribution < 1.29 is 18.7 Å². The number of carbonyl (C=O) groups is 2. The Hall–Kier alpha value is -2.90. The van der Waals surface area contributed by atoms with Crippen molar-refractivity contribution >= 4 is 12.0 Å². The Morgan fingerprint density at radius 2 is 1.87 bits per heavy atom. The van der Waals surface area contributed by atoms with Gasteiger partial charge in [0.1, 0.15) is 17.1 Å². The third kappa shape index (κ3) is 5.42. The molecule has 3 rings (SSSR count). The van der Waals surface area contributed by atoms with Crippen LogP contribution in [0.4, 0.5) is 9.18 Å². The molecule has 0 saturated carbocycles. The number of piperidine rings is 1. The van der Waals surface area contributed by atoms with Crippen LogP contribution in [0.2, 0.25) is 0 Å². The van der Waals surface area contributed by atoms with E-state index < -0.39 is 5.60 Å². The number of hydrogen-bond donors (Lipinski definition) is 0. The monoisotopic (exact) mass is 430 g/mol. The first kappa shape index (κ1) is 22.8. The molecule has 8 heteroatoms. The highest BCUT2D eigenvalue weighted by Gasteiger charge is 2.28. The van der Waals surface area contributed by atoms with Crippen LogP contribution in [0.5, 0.6) is 0 Å². The average molecular weight is 431 g/mol. The molecule has 0 aliphatic carbocycles. The van der Waals surface area contributed by atoms with Crippen molar-refractivity contribution in [2.45, 2.75) is 46.1 Å². The molecule has 0 atom stereocenters. The second kappa shape index (κ2) is 9.08. The van der Waals surface area contributed by atoms with E-state index in [1.54, 1.807) is 42.0 Å². The Balaban J connectivity index is 1.59. The lowest BCUT2D eigenvalue weighted by atomic mass is 9.96. The number of likely N-dealkylation sites (tertiary alicyclic amines) is 1. The van der Waals surface area contributed by atoms with Gasteiger partial charge in [-0.2, -0.15) is 5.10 Å².